The van der Waals surface area contributed by atoms with Gasteiger partial charge in [-0.05, 0) is 18.4 Å². The van der Waals surface area contributed by atoms with E-state index in [0.29, 0.717) is 12.1 Å². The van der Waals surface area contributed by atoms with Crippen molar-refractivity contribution in [1.82, 2.24) is 15.5 Å². The molecule has 116 valence electrons. The number of hydrogen-bond donors (Lipinski definition) is 3. The lowest BCUT2D eigenvalue weighted by Crippen LogP contribution is -2.41. The number of carboxylic acids is 1. The first-order valence-electron chi connectivity index (χ1n) is 7.12. The Labute approximate surface area is 128 Å². The molecular formula is C16H19N3O3. The van der Waals surface area contributed by atoms with Gasteiger partial charge in [-0.2, -0.15) is 5.10 Å². The van der Waals surface area contributed by atoms with Gasteiger partial charge in [0.05, 0.1) is 5.69 Å². The highest BCUT2D eigenvalue weighted by molar-refractivity contribution is 5.95. The van der Waals surface area contributed by atoms with Crippen LogP contribution in [0.1, 0.15) is 30.8 Å². The molecule has 0 bridgehead atoms. The smallest absolute Gasteiger partial charge is 0.326 e. The molecule has 0 aliphatic carbocycles. The Balaban J connectivity index is 2.10. The molecule has 3 N–H and O–H groups in total. The maximum absolute atomic E-state index is 12.1. The molecule has 0 radical (unpaired) electrons. The lowest BCUT2D eigenvalue weighted by molar-refractivity contribution is -0.139. The van der Waals surface area contributed by atoms with Crippen molar-refractivity contribution in [3.8, 4) is 11.3 Å². The van der Waals surface area contributed by atoms with Crippen LogP contribution >= 0.6 is 0 Å². The maximum atomic E-state index is 12.1. The molecule has 0 saturated heterocycles. The number of amides is 1. The van der Waals surface area contributed by atoms with Gasteiger partial charge in [0.25, 0.3) is 5.91 Å². The quantitative estimate of drug-likeness (QED) is 0.763. The molecule has 1 atom stereocenters. The van der Waals surface area contributed by atoms with Crippen molar-refractivity contribution in [2.45, 2.75) is 26.3 Å². The number of aromatic amines is 1. The van der Waals surface area contributed by atoms with E-state index >= 15 is 0 Å². The van der Waals surface area contributed by atoms with Crippen LogP contribution in [0.25, 0.3) is 11.3 Å². The van der Waals surface area contributed by atoms with E-state index in [1.165, 1.54) is 0 Å². The summed E-state index contributed by atoms with van der Waals surface area (Å²) < 4.78 is 0. The van der Waals surface area contributed by atoms with Crippen LogP contribution in [0.2, 0.25) is 0 Å². The number of carboxylic acid groups (broad SMARTS) is 1. The molecule has 0 spiro atoms. The van der Waals surface area contributed by atoms with Gasteiger partial charge in [0, 0.05) is 5.56 Å². The number of H-pyrrole nitrogens is 1. The zero-order valence-electron chi connectivity index (χ0n) is 12.5. The topological polar surface area (TPSA) is 95.1 Å². The van der Waals surface area contributed by atoms with Gasteiger partial charge in [0.2, 0.25) is 0 Å². The predicted molar refractivity (Wildman–Crippen MR) is 82.4 cm³/mol. The standard InChI is InChI=1S/C16H19N3O3/c1-10(2)8-14(16(21)22)17-15(20)13-9-12(18-19-13)11-6-4-3-5-7-11/h3-7,9-10,14H,8H2,1-2H3,(H,17,20)(H,18,19)(H,21,22)/t14-/m1/s1. The summed E-state index contributed by atoms with van der Waals surface area (Å²) >= 11 is 0. The number of nitrogens with one attached hydrogen (secondary N) is 2. The minimum atomic E-state index is -1.04. The summed E-state index contributed by atoms with van der Waals surface area (Å²) in [5.41, 5.74) is 1.77. The van der Waals surface area contributed by atoms with E-state index in [9.17, 15) is 9.59 Å². The number of carbonyl (C=O) groups excluding carboxylic acids is 1. The number of nitrogens with zero attached hydrogens (tertiary/aromatic N) is 1. The SMILES string of the molecule is CC(C)C[C@@H](NC(=O)c1cc(-c2ccccc2)n[nH]1)C(=O)O. The zero-order chi connectivity index (χ0) is 16.1. The molecule has 2 aromatic rings. The van der Waals surface area contributed by atoms with E-state index in [0.717, 1.165) is 5.56 Å². The third-order valence-corrected chi connectivity index (χ3v) is 3.20. The van der Waals surface area contributed by atoms with Crippen molar-refractivity contribution < 1.29 is 14.7 Å². The molecule has 0 unspecified atom stereocenters. The van der Waals surface area contributed by atoms with Crippen LogP contribution < -0.4 is 5.32 Å². The van der Waals surface area contributed by atoms with Gasteiger partial charge in [-0.25, -0.2) is 4.79 Å². The fourth-order valence-electron chi connectivity index (χ4n) is 2.12. The van der Waals surface area contributed by atoms with E-state index in [2.05, 4.69) is 15.5 Å². The summed E-state index contributed by atoms with van der Waals surface area (Å²) in [7, 11) is 0. The second-order valence-corrected chi connectivity index (χ2v) is 5.53. The molecule has 2 rings (SSSR count). The van der Waals surface area contributed by atoms with Crippen LogP contribution in [0.4, 0.5) is 0 Å². The summed E-state index contributed by atoms with van der Waals surface area (Å²) in [6.07, 6.45) is 0.376. The first-order valence-corrected chi connectivity index (χ1v) is 7.12. The zero-order valence-corrected chi connectivity index (χ0v) is 12.5. The molecule has 0 aliphatic rings. The normalized spacial score (nSPS) is 12.1. The van der Waals surface area contributed by atoms with Crippen LogP contribution in [0, 0.1) is 5.92 Å². The molecule has 22 heavy (non-hydrogen) atoms. The Hall–Kier alpha value is -2.63. The Morgan fingerprint density at radius 1 is 1.27 bits per heavy atom. The lowest BCUT2D eigenvalue weighted by atomic mass is 10.0. The summed E-state index contributed by atoms with van der Waals surface area (Å²) in [6, 6.07) is 10.1. The van der Waals surface area contributed by atoms with E-state index < -0.39 is 17.9 Å². The lowest BCUT2D eigenvalue weighted by Gasteiger charge is -2.15. The van der Waals surface area contributed by atoms with Crippen LogP contribution in [-0.4, -0.2) is 33.2 Å². The van der Waals surface area contributed by atoms with Crippen molar-refractivity contribution in [2.24, 2.45) is 5.92 Å². The molecule has 1 amide bonds. The van der Waals surface area contributed by atoms with Gasteiger partial charge >= 0.3 is 5.97 Å². The number of rotatable bonds is 6. The van der Waals surface area contributed by atoms with Crippen molar-refractivity contribution in [3.05, 3.63) is 42.1 Å². The third-order valence-electron chi connectivity index (χ3n) is 3.20. The number of aliphatic carboxylic acids is 1. The molecule has 1 heterocycles. The Kier molecular flexibility index (Phi) is 4.93. The van der Waals surface area contributed by atoms with E-state index in [1.807, 2.05) is 44.2 Å². The molecule has 0 saturated carbocycles. The Morgan fingerprint density at radius 3 is 2.55 bits per heavy atom. The van der Waals surface area contributed by atoms with Crippen molar-refractivity contribution in [3.63, 3.8) is 0 Å². The highest BCUT2D eigenvalue weighted by Crippen LogP contribution is 2.17. The molecule has 0 fully saturated rings. The van der Waals surface area contributed by atoms with Gasteiger partial charge < -0.3 is 10.4 Å². The molecule has 6 nitrogen and oxygen atoms in total. The van der Waals surface area contributed by atoms with Crippen LogP contribution in [0.3, 0.4) is 0 Å². The summed E-state index contributed by atoms with van der Waals surface area (Å²) in [5, 5.41) is 18.4. The van der Waals surface area contributed by atoms with Gasteiger partial charge in [-0.3, -0.25) is 9.89 Å². The first kappa shape index (κ1) is 15.8. The second-order valence-electron chi connectivity index (χ2n) is 5.53. The van der Waals surface area contributed by atoms with E-state index in [4.69, 9.17) is 5.11 Å². The third kappa shape index (κ3) is 3.94. The fourth-order valence-corrected chi connectivity index (χ4v) is 2.12. The molecule has 1 aromatic carbocycles. The highest BCUT2D eigenvalue weighted by Gasteiger charge is 2.22. The van der Waals surface area contributed by atoms with Crippen molar-refractivity contribution >= 4 is 11.9 Å². The number of hydrogen-bond acceptors (Lipinski definition) is 3. The molecule has 6 heteroatoms. The summed E-state index contributed by atoms with van der Waals surface area (Å²) in [4.78, 5) is 23.3. The van der Waals surface area contributed by atoms with Gasteiger partial charge in [0.1, 0.15) is 11.7 Å². The average molecular weight is 301 g/mol. The fraction of sp³-hybridized carbons (Fsp3) is 0.312. The maximum Gasteiger partial charge on any atom is 0.326 e. The van der Waals surface area contributed by atoms with Crippen molar-refractivity contribution in [1.29, 1.82) is 0 Å². The van der Waals surface area contributed by atoms with Crippen LogP contribution in [0.5, 0.6) is 0 Å². The Morgan fingerprint density at radius 2 is 1.95 bits per heavy atom. The molecule has 0 aliphatic heterocycles. The molecule has 1 aromatic heterocycles. The van der Waals surface area contributed by atoms with Gasteiger partial charge in [-0.15, -0.1) is 0 Å². The highest BCUT2D eigenvalue weighted by atomic mass is 16.4. The largest absolute Gasteiger partial charge is 0.480 e. The van der Waals surface area contributed by atoms with E-state index in [-0.39, 0.29) is 11.6 Å². The minimum Gasteiger partial charge on any atom is -0.480 e. The summed E-state index contributed by atoms with van der Waals surface area (Å²) in [5.74, 6) is -1.34. The number of aromatic nitrogens is 2. The molecular weight excluding hydrogens is 282 g/mol. The summed E-state index contributed by atoms with van der Waals surface area (Å²) in [6.45, 7) is 3.82. The van der Waals surface area contributed by atoms with Crippen LogP contribution in [-0.2, 0) is 4.79 Å². The Bertz CT molecular complexity index is 650. The monoisotopic (exact) mass is 301 g/mol. The van der Waals surface area contributed by atoms with Gasteiger partial charge in [-0.1, -0.05) is 44.2 Å². The first-order chi connectivity index (χ1) is 10.5. The predicted octanol–water partition coefficient (Wildman–Crippen LogP) is 2.31. The minimum absolute atomic E-state index is 0.169. The average Bonchev–Trinajstić information content (AvgIpc) is 2.96. The van der Waals surface area contributed by atoms with Crippen LogP contribution in [0.15, 0.2) is 36.4 Å². The number of benzene rings is 1. The number of carbonyl (C=O) groups is 2. The van der Waals surface area contributed by atoms with Crippen molar-refractivity contribution in [2.75, 3.05) is 0 Å². The van der Waals surface area contributed by atoms with E-state index in [1.54, 1.807) is 6.07 Å². The second kappa shape index (κ2) is 6.89. The van der Waals surface area contributed by atoms with Gasteiger partial charge in [0.15, 0.2) is 0 Å².